The van der Waals surface area contributed by atoms with Crippen LogP contribution in [0.5, 0.6) is 11.5 Å². The maximum atomic E-state index is 10.5. The maximum absolute atomic E-state index is 10.5. The number of likely N-dealkylation sites (tertiary alicyclic amines) is 1. The Morgan fingerprint density at radius 1 is 1.33 bits per heavy atom. The van der Waals surface area contributed by atoms with Gasteiger partial charge >= 0.3 is 6.09 Å². The van der Waals surface area contributed by atoms with Gasteiger partial charge in [0.15, 0.2) is 11.5 Å². The number of piperidine rings is 1. The molecule has 1 aromatic carbocycles. The molecule has 0 spiro atoms. The number of carboxylic acid groups (broad SMARTS) is 1. The zero-order chi connectivity index (χ0) is 16.9. The molecule has 1 amide bonds. The molecule has 0 bridgehead atoms. The van der Waals surface area contributed by atoms with E-state index in [0.717, 1.165) is 54.9 Å². The van der Waals surface area contributed by atoms with Crippen molar-refractivity contribution < 1.29 is 19.4 Å². The van der Waals surface area contributed by atoms with Crippen LogP contribution >= 0.6 is 15.9 Å². The molecule has 7 heteroatoms. The van der Waals surface area contributed by atoms with E-state index >= 15 is 0 Å². The second-order valence-corrected chi connectivity index (χ2v) is 7.32. The van der Waals surface area contributed by atoms with E-state index in [0.29, 0.717) is 19.1 Å². The van der Waals surface area contributed by atoms with Crippen molar-refractivity contribution in [3.05, 3.63) is 22.7 Å². The van der Waals surface area contributed by atoms with Crippen LogP contribution in [0.1, 0.15) is 19.3 Å². The van der Waals surface area contributed by atoms with Crippen molar-refractivity contribution in [1.82, 2.24) is 10.2 Å². The molecule has 2 N–H and O–H groups in total. The van der Waals surface area contributed by atoms with Gasteiger partial charge < -0.3 is 19.9 Å². The van der Waals surface area contributed by atoms with E-state index in [1.165, 1.54) is 0 Å². The van der Waals surface area contributed by atoms with E-state index < -0.39 is 6.09 Å². The van der Waals surface area contributed by atoms with Gasteiger partial charge in [-0.25, -0.2) is 4.79 Å². The van der Waals surface area contributed by atoms with Crippen LogP contribution in [0.4, 0.5) is 4.79 Å². The molecule has 2 aliphatic rings. The summed E-state index contributed by atoms with van der Waals surface area (Å²) in [6.45, 7) is 4.06. The molecule has 3 rings (SSSR count). The van der Waals surface area contributed by atoms with Gasteiger partial charge in [-0.15, -0.1) is 0 Å². The van der Waals surface area contributed by atoms with Gasteiger partial charge in [0.05, 0.1) is 0 Å². The first-order valence-electron chi connectivity index (χ1n) is 8.38. The summed E-state index contributed by atoms with van der Waals surface area (Å²) in [6.07, 6.45) is 2.25. The van der Waals surface area contributed by atoms with Gasteiger partial charge in [-0.3, -0.25) is 4.90 Å². The molecule has 2 aliphatic heterocycles. The van der Waals surface area contributed by atoms with Crippen molar-refractivity contribution in [2.24, 2.45) is 5.92 Å². The molecule has 1 fully saturated rings. The van der Waals surface area contributed by atoms with Crippen LogP contribution < -0.4 is 14.8 Å². The average molecular weight is 399 g/mol. The second-order valence-electron chi connectivity index (χ2n) is 6.41. The van der Waals surface area contributed by atoms with E-state index in [9.17, 15) is 4.79 Å². The van der Waals surface area contributed by atoms with Crippen LogP contribution in [0.25, 0.3) is 0 Å². The van der Waals surface area contributed by atoms with Crippen LogP contribution in [-0.2, 0) is 0 Å². The fourth-order valence-electron chi connectivity index (χ4n) is 3.31. The van der Waals surface area contributed by atoms with Crippen LogP contribution in [0.2, 0.25) is 0 Å². The Morgan fingerprint density at radius 2 is 2.12 bits per heavy atom. The van der Waals surface area contributed by atoms with Crippen molar-refractivity contribution in [2.75, 3.05) is 32.8 Å². The Balaban J connectivity index is 1.41. The number of nitrogens with one attached hydrogen (secondary N) is 1. The highest BCUT2D eigenvalue weighted by Crippen LogP contribution is 2.34. The van der Waals surface area contributed by atoms with Gasteiger partial charge in [0, 0.05) is 17.6 Å². The Bertz CT molecular complexity index is 576. The van der Waals surface area contributed by atoms with Gasteiger partial charge in [0.2, 0.25) is 0 Å². The molecule has 2 heterocycles. The van der Waals surface area contributed by atoms with Gasteiger partial charge in [-0.1, -0.05) is 15.9 Å². The summed E-state index contributed by atoms with van der Waals surface area (Å²) in [6, 6.07) is 5.82. The van der Waals surface area contributed by atoms with Crippen LogP contribution in [0.3, 0.4) is 0 Å². The van der Waals surface area contributed by atoms with Crippen molar-refractivity contribution in [3.8, 4) is 11.5 Å². The highest BCUT2D eigenvalue weighted by atomic mass is 79.9. The third kappa shape index (κ3) is 4.77. The number of rotatable bonds is 5. The SMILES string of the molecule is O=C(O)NCCC1CCN(C[C@H]2COc3ccc(Br)cc3O2)CC1. The fraction of sp³-hybridized carbons (Fsp3) is 0.588. The number of hydrogen-bond acceptors (Lipinski definition) is 4. The van der Waals surface area contributed by atoms with E-state index in [1.807, 2.05) is 18.2 Å². The number of ether oxygens (including phenoxy) is 2. The molecule has 0 aliphatic carbocycles. The molecule has 1 aromatic rings. The average Bonchev–Trinajstić information content (AvgIpc) is 2.56. The zero-order valence-corrected chi connectivity index (χ0v) is 15.1. The summed E-state index contributed by atoms with van der Waals surface area (Å²) < 4.78 is 12.8. The van der Waals surface area contributed by atoms with Gasteiger partial charge in [-0.05, 0) is 56.5 Å². The fourth-order valence-corrected chi connectivity index (χ4v) is 3.65. The smallest absolute Gasteiger partial charge is 0.404 e. The summed E-state index contributed by atoms with van der Waals surface area (Å²) in [4.78, 5) is 12.9. The number of hydrogen-bond donors (Lipinski definition) is 2. The number of nitrogens with zero attached hydrogens (tertiary/aromatic N) is 1. The predicted octanol–water partition coefficient (Wildman–Crippen LogP) is 2.96. The molecule has 1 atom stereocenters. The van der Waals surface area contributed by atoms with Crippen molar-refractivity contribution in [2.45, 2.75) is 25.4 Å². The molecule has 0 saturated carbocycles. The lowest BCUT2D eigenvalue weighted by Crippen LogP contribution is -2.44. The Hall–Kier alpha value is -1.47. The van der Waals surface area contributed by atoms with Gasteiger partial charge in [-0.2, -0.15) is 0 Å². The molecular formula is C17H23BrN2O4. The monoisotopic (exact) mass is 398 g/mol. The predicted molar refractivity (Wildman–Crippen MR) is 93.9 cm³/mol. The topological polar surface area (TPSA) is 71.0 Å². The van der Waals surface area contributed by atoms with Crippen molar-refractivity contribution in [1.29, 1.82) is 0 Å². The zero-order valence-electron chi connectivity index (χ0n) is 13.5. The lowest BCUT2D eigenvalue weighted by atomic mass is 9.93. The minimum absolute atomic E-state index is 0.0528. The number of benzene rings is 1. The van der Waals surface area contributed by atoms with E-state index in [2.05, 4.69) is 26.1 Å². The number of amides is 1. The summed E-state index contributed by atoms with van der Waals surface area (Å²) in [7, 11) is 0. The summed E-state index contributed by atoms with van der Waals surface area (Å²) in [5.41, 5.74) is 0. The normalized spacial score (nSPS) is 21.5. The van der Waals surface area contributed by atoms with E-state index in [1.54, 1.807) is 0 Å². The first-order chi connectivity index (χ1) is 11.6. The standard InChI is InChI=1S/C17H23BrN2O4/c18-13-1-2-15-16(9-13)24-14(11-23-15)10-20-7-4-12(5-8-20)3-6-19-17(21)22/h1-2,9,12,14,19H,3-8,10-11H2,(H,21,22)/t14-/m0/s1. The molecular weight excluding hydrogens is 376 g/mol. The minimum Gasteiger partial charge on any atom is -0.486 e. The Labute approximate surface area is 150 Å². The summed E-state index contributed by atoms with van der Waals surface area (Å²) >= 11 is 3.46. The van der Waals surface area contributed by atoms with Crippen LogP contribution in [0.15, 0.2) is 22.7 Å². The first kappa shape index (κ1) is 17.4. The Kier molecular flexibility index (Phi) is 5.84. The second kappa shape index (κ2) is 8.07. The molecule has 6 nitrogen and oxygen atoms in total. The van der Waals surface area contributed by atoms with Gasteiger partial charge in [0.1, 0.15) is 12.7 Å². The third-order valence-electron chi connectivity index (χ3n) is 4.62. The van der Waals surface area contributed by atoms with Crippen molar-refractivity contribution in [3.63, 3.8) is 0 Å². The quantitative estimate of drug-likeness (QED) is 0.797. The molecule has 0 unspecified atom stereocenters. The molecule has 24 heavy (non-hydrogen) atoms. The number of halogens is 1. The number of carbonyl (C=O) groups is 1. The highest BCUT2D eigenvalue weighted by Gasteiger charge is 2.26. The third-order valence-corrected chi connectivity index (χ3v) is 5.12. The first-order valence-corrected chi connectivity index (χ1v) is 9.17. The summed E-state index contributed by atoms with van der Waals surface area (Å²) in [5, 5.41) is 11.1. The van der Waals surface area contributed by atoms with Gasteiger partial charge in [0.25, 0.3) is 0 Å². The van der Waals surface area contributed by atoms with E-state index in [-0.39, 0.29) is 6.10 Å². The lowest BCUT2D eigenvalue weighted by molar-refractivity contribution is 0.0472. The highest BCUT2D eigenvalue weighted by molar-refractivity contribution is 9.10. The van der Waals surface area contributed by atoms with E-state index in [4.69, 9.17) is 14.6 Å². The van der Waals surface area contributed by atoms with Crippen LogP contribution in [-0.4, -0.2) is 55.0 Å². The Morgan fingerprint density at radius 3 is 2.88 bits per heavy atom. The minimum atomic E-state index is -0.936. The largest absolute Gasteiger partial charge is 0.486 e. The lowest BCUT2D eigenvalue weighted by Gasteiger charge is -2.35. The van der Waals surface area contributed by atoms with Crippen molar-refractivity contribution >= 4 is 22.0 Å². The van der Waals surface area contributed by atoms with Crippen LogP contribution in [0, 0.1) is 5.92 Å². The molecule has 0 radical (unpaired) electrons. The summed E-state index contributed by atoms with van der Waals surface area (Å²) in [5.74, 6) is 2.21. The molecule has 0 aromatic heterocycles. The molecule has 1 saturated heterocycles. The molecule has 132 valence electrons. The number of fused-ring (bicyclic) bond motifs is 1. The maximum Gasteiger partial charge on any atom is 0.404 e.